The maximum Gasteiger partial charge on any atom is 0.209 e. The first-order chi connectivity index (χ1) is 14.7. The fourth-order valence-electron chi connectivity index (χ4n) is 3.49. The normalized spacial score (nSPS) is 16.2. The third-order valence-electron chi connectivity index (χ3n) is 4.76. The fourth-order valence-corrected chi connectivity index (χ4v) is 3.73. The zero-order valence-electron chi connectivity index (χ0n) is 16.0. The molecule has 0 saturated carbocycles. The van der Waals surface area contributed by atoms with Crippen molar-refractivity contribution in [3.05, 3.63) is 106 Å². The van der Waals surface area contributed by atoms with E-state index in [0.717, 1.165) is 16.7 Å². The van der Waals surface area contributed by atoms with Crippen LogP contribution in [-0.4, -0.2) is 27.5 Å². The molecule has 0 fully saturated rings. The Morgan fingerprint density at radius 3 is 2.63 bits per heavy atom. The van der Waals surface area contributed by atoms with Gasteiger partial charge in [0.1, 0.15) is 9.83 Å². The maximum absolute atomic E-state index is 9.49. The van der Waals surface area contributed by atoms with Crippen LogP contribution in [0.1, 0.15) is 22.3 Å². The largest absolute Gasteiger partial charge is 0.360 e. The van der Waals surface area contributed by atoms with Crippen molar-refractivity contribution in [3.8, 4) is 6.07 Å². The number of benzene rings is 1. The van der Waals surface area contributed by atoms with Crippen molar-refractivity contribution < 1.29 is 9.42 Å². The summed E-state index contributed by atoms with van der Waals surface area (Å²) in [5.41, 5.74) is 2.36. The average molecular weight is 460 g/mol. The highest BCUT2D eigenvalue weighted by atomic mass is 79.9. The predicted octanol–water partition coefficient (Wildman–Crippen LogP) is 4.35. The molecular weight excluding hydrogens is 444 g/mol. The summed E-state index contributed by atoms with van der Waals surface area (Å²) in [6.45, 7) is 0. The van der Waals surface area contributed by atoms with Crippen molar-refractivity contribution in [2.75, 3.05) is 7.11 Å². The summed E-state index contributed by atoms with van der Waals surface area (Å²) in [6, 6.07) is 17.1. The minimum atomic E-state index is -1.13. The molecule has 1 aromatic carbocycles. The second kappa shape index (κ2) is 8.45. The standard InChI is InChI=1S/C22H16BrN6O/c1-30-22(19-6-3-9-25-15-19,18-5-2-4-16(12-18)13-24)21(29-11-10-27-28-29)17-7-8-20(23)26-14-17/h2-12,14-15H,1H3/q+1. The van der Waals surface area contributed by atoms with Crippen LogP contribution in [0.25, 0.3) is 0 Å². The molecule has 0 saturated heterocycles. The summed E-state index contributed by atoms with van der Waals surface area (Å²) < 4.78 is 8.63. The van der Waals surface area contributed by atoms with E-state index < -0.39 is 5.60 Å². The molecule has 2 aromatic heterocycles. The van der Waals surface area contributed by atoms with Crippen LogP contribution in [0.3, 0.4) is 0 Å². The van der Waals surface area contributed by atoms with Gasteiger partial charge in [0.25, 0.3) is 0 Å². The van der Waals surface area contributed by atoms with Gasteiger partial charge in [-0.25, -0.2) is 4.98 Å². The van der Waals surface area contributed by atoms with Crippen LogP contribution in [0.15, 0.2) is 94.5 Å². The van der Waals surface area contributed by atoms with Gasteiger partial charge in [-0.2, -0.15) is 5.26 Å². The molecule has 4 rings (SSSR count). The van der Waals surface area contributed by atoms with Crippen molar-refractivity contribution in [2.24, 2.45) is 10.3 Å². The van der Waals surface area contributed by atoms with Gasteiger partial charge in [-0.05, 0) is 51.8 Å². The number of aromatic nitrogens is 2. The number of hydrogen-bond donors (Lipinski definition) is 0. The minimum Gasteiger partial charge on any atom is -0.360 e. The monoisotopic (exact) mass is 459 g/mol. The Morgan fingerprint density at radius 2 is 2.00 bits per heavy atom. The Morgan fingerprint density at radius 1 is 1.13 bits per heavy atom. The SMILES string of the molecule is COC(C(c1ccc(Br)nc1)=[N+]1C=CN=N1)(c1cccnc1)c1cccc(C#N)c1. The summed E-state index contributed by atoms with van der Waals surface area (Å²) in [6.07, 6.45) is 8.52. The molecule has 1 atom stereocenters. The molecule has 8 heteroatoms. The highest BCUT2D eigenvalue weighted by molar-refractivity contribution is 9.10. The smallest absolute Gasteiger partial charge is 0.209 e. The molecule has 0 amide bonds. The Balaban J connectivity index is 2.11. The molecule has 30 heavy (non-hydrogen) atoms. The van der Waals surface area contributed by atoms with Crippen molar-refractivity contribution in [2.45, 2.75) is 5.60 Å². The van der Waals surface area contributed by atoms with E-state index in [4.69, 9.17) is 4.74 Å². The molecule has 7 nitrogen and oxygen atoms in total. The van der Waals surface area contributed by atoms with Gasteiger partial charge in [0.2, 0.25) is 6.20 Å². The Hall–Kier alpha value is -3.54. The molecule has 1 aliphatic rings. The van der Waals surface area contributed by atoms with Crippen LogP contribution >= 0.6 is 15.9 Å². The lowest BCUT2D eigenvalue weighted by atomic mass is 9.79. The molecule has 1 aliphatic heterocycles. The lowest BCUT2D eigenvalue weighted by Crippen LogP contribution is -2.43. The average Bonchev–Trinajstić information content (AvgIpc) is 3.33. The molecule has 1 unspecified atom stereocenters. The van der Waals surface area contributed by atoms with Crippen molar-refractivity contribution >= 4 is 21.6 Å². The van der Waals surface area contributed by atoms with Gasteiger partial charge in [-0.3, -0.25) is 4.98 Å². The zero-order valence-corrected chi connectivity index (χ0v) is 17.6. The second-order valence-electron chi connectivity index (χ2n) is 6.39. The van der Waals surface area contributed by atoms with Crippen LogP contribution in [0.2, 0.25) is 0 Å². The molecule has 146 valence electrons. The number of hydrogen-bond acceptors (Lipinski definition) is 6. The highest BCUT2D eigenvalue weighted by Crippen LogP contribution is 2.38. The van der Waals surface area contributed by atoms with Gasteiger partial charge < -0.3 is 4.74 Å². The second-order valence-corrected chi connectivity index (χ2v) is 7.20. The number of nitriles is 1. The summed E-state index contributed by atoms with van der Waals surface area (Å²) in [5.74, 6) is 0. The topological polar surface area (TPSA) is 86.5 Å². The van der Waals surface area contributed by atoms with Gasteiger partial charge in [-0.15, -0.1) is 0 Å². The van der Waals surface area contributed by atoms with E-state index in [2.05, 4.69) is 42.3 Å². The van der Waals surface area contributed by atoms with E-state index in [1.165, 1.54) is 0 Å². The van der Waals surface area contributed by atoms with Crippen molar-refractivity contribution in [1.29, 1.82) is 5.26 Å². The number of ether oxygens (including phenoxy) is 1. The fraction of sp³-hybridized carbons (Fsp3) is 0.0909. The number of halogens is 1. The third kappa shape index (κ3) is 3.45. The summed E-state index contributed by atoms with van der Waals surface area (Å²) in [5, 5.41) is 17.7. The molecular formula is C22H16BrN6O+. The molecule has 0 N–H and O–H groups in total. The van der Waals surface area contributed by atoms with E-state index >= 15 is 0 Å². The number of pyridine rings is 2. The van der Waals surface area contributed by atoms with Crippen LogP contribution in [0.5, 0.6) is 0 Å². The van der Waals surface area contributed by atoms with E-state index in [0.29, 0.717) is 15.9 Å². The van der Waals surface area contributed by atoms with E-state index in [1.54, 1.807) is 54.9 Å². The highest BCUT2D eigenvalue weighted by Gasteiger charge is 2.46. The molecule has 3 aromatic rings. The van der Waals surface area contributed by atoms with Gasteiger partial charge in [0.15, 0.2) is 17.5 Å². The molecule has 0 bridgehead atoms. The first-order valence-corrected chi connectivity index (χ1v) is 9.80. The Bertz CT molecular complexity index is 1180. The Labute approximate surface area is 181 Å². The van der Waals surface area contributed by atoms with Crippen LogP contribution in [0.4, 0.5) is 0 Å². The zero-order chi connectivity index (χ0) is 21.0. The summed E-state index contributed by atoms with van der Waals surface area (Å²) in [4.78, 5) is 8.70. The number of nitrogens with zero attached hydrogens (tertiary/aromatic N) is 6. The van der Waals surface area contributed by atoms with E-state index in [9.17, 15) is 5.26 Å². The van der Waals surface area contributed by atoms with Gasteiger partial charge in [0, 0.05) is 36.8 Å². The Kier molecular flexibility index (Phi) is 5.57. The first-order valence-electron chi connectivity index (χ1n) is 9.01. The van der Waals surface area contributed by atoms with E-state index in [-0.39, 0.29) is 0 Å². The lowest BCUT2D eigenvalue weighted by Gasteiger charge is -2.33. The third-order valence-corrected chi connectivity index (χ3v) is 5.23. The minimum absolute atomic E-state index is 0.518. The van der Waals surface area contributed by atoms with Crippen molar-refractivity contribution in [3.63, 3.8) is 0 Å². The maximum atomic E-state index is 9.49. The molecule has 0 radical (unpaired) electrons. The lowest BCUT2D eigenvalue weighted by molar-refractivity contribution is -0.468. The van der Waals surface area contributed by atoms with Crippen molar-refractivity contribution in [1.82, 2.24) is 9.97 Å². The quantitative estimate of drug-likeness (QED) is 0.419. The molecule has 0 aliphatic carbocycles. The predicted molar refractivity (Wildman–Crippen MR) is 113 cm³/mol. The summed E-state index contributed by atoms with van der Waals surface area (Å²) in [7, 11) is 1.62. The first kappa shape index (κ1) is 19.8. The number of methoxy groups -OCH3 is 1. The summed E-state index contributed by atoms with van der Waals surface area (Å²) >= 11 is 3.39. The van der Waals surface area contributed by atoms with E-state index in [1.807, 2.05) is 36.4 Å². The van der Waals surface area contributed by atoms with Gasteiger partial charge in [0.05, 0.1) is 16.7 Å². The molecule has 3 heterocycles. The molecule has 0 spiro atoms. The number of rotatable bonds is 5. The van der Waals surface area contributed by atoms with Crippen LogP contribution in [0, 0.1) is 11.3 Å². The van der Waals surface area contributed by atoms with Crippen LogP contribution in [-0.2, 0) is 10.3 Å². The van der Waals surface area contributed by atoms with Crippen LogP contribution < -0.4 is 0 Å². The van der Waals surface area contributed by atoms with Gasteiger partial charge in [-0.1, -0.05) is 22.9 Å². The van der Waals surface area contributed by atoms with Gasteiger partial charge >= 0.3 is 0 Å².